The van der Waals surface area contributed by atoms with Crippen LogP contribution in [-0.4, -0.2) is 55.7 Å². The first-order chi connectivity index (χ1) is 9.15. The van der Waals surface area contributed by atoms with Crippen LogP contribution in [0.2, 0.25) is 0 Å². The van der Waals surface area contributed by atoms with E-state index < -0.39 is 0 Å². The number of aromatic nitrogens is 1. The third-order valence-corrected chi connectivity index (χ3v) is 3.62. The molecule has 1 aliphatic rings. The lowest BCUT2D eigenvalue weighted by Crippen LogP contribution is -2.46. The third kappa shape index (κ3) is 3.04. The number of aryl methyl sites for hydroxylation is 1. The van der Waals surface area contributed by atoms with Crippen molar-refractivity contribution in [3.05, 3.63) is 23.4 Å². The van der Waals surface area contributed by atoms with E-state index in [4.69, 9.17) is 4.74 Å². The summed E-state index contributed by atoms with van der Waals surface area (Å²) in [5, 5.41) is 0. The standard InChI is InChI=1S/C14H21N3O2/c1-4-16-7-9-17(10-8-16)13-6-5-12(11(2)15-13)14(18)19-3/h5-6H,4,7-10H2,1-3H3. The molecule has 0 atom stereocenters. The summed E-state index contributed by atoms with van der Waals surface area (Å²) in [6, 6.07) is 3.70. The normalized spacial score (nSPS) is 16.5. The number of methoxy groups -OCH3 is 1. The van der Waals surface area contributed by atoms with Crippen LogP contribution in [0.1, 0.15) is 23.0 Å². The Labute approximate surface area is 114 Å². The van der Waals surface area contributed by atoms with Gasteiger partial charge < -0.3 is 14.5 Å². The zero-order chi connectivity index (χ0) is 13.8. The molecular formula is C14H21N3O2. The van der Waals surface area contributed by atoms with E-state index in [1.807, 2.05) is 13.0 Å². The van der Waals surface area contributed by atoms with Crippen molar-refractivity contribution in [3.63, 3.8) is 0 Å². The van der Waals surface area contributed by atoms with E-state index in [0.717, 1.165) is 44.2 Å². The lowest BCUT2D eigenvalue weighted by atomic mass is 10.2. The minimum absolute atomic E-state index is 0.327. The van der Waals surface area contributed by atoms with Gasteiger partial charge in [-0.2, -0.15) is 0 Å². The van der Waals surface area contributed by atoms with Gasteiger partial charge in [-0.15, -0.1) is 0 Å². The van der Waals surface area contributed by atoms with E-state index in [1.165, 1.54) is 7.11 Å². The lowest BCUT2D eigenvalue weighted by Gasteiger charge is -2.34. The van der Waals surface area contributed by atoms with Gasteiger partial charge in [-0.25, -0.2) is 9.78 Å². The van der Waals surface area contributed by atoms with Gasteiger partial charge in [0.1, 0.15) is 5.82 Å². The lowest BCUT2D eigenvalue weighted by molar-refractivity contribution is 0.0599. The van der Waals surface area contributed by atoms with E-state index in [2.05, 4.69) is 21.7 Å². The first kappa shape index (κ1) is 13.8. The minimum atomic E-state index is -0.327. The minimum Gasteiger partial charge on any atom is -0.465 e. The molecule has 2 heterocycles. The predicted octanol–water partition coefficient (Wildman–Crippen LogP) is 1.32. The van der Waals surface area contributed by atoms with E-state index in [0.29, 0.717) is 5.56 Å². The summed E-state index contributed by atoms with van der Waals surface area (Å²) in [6.45, 7) is 9.23. The van der Waals surface area contributed by atoms with E-state index in [-0.39, 0.29) is 5.97 Å². The highest BCUT2D eigenvalue weighted by Crippen LogP contribution is 2.17. The van der Waals surface area contributed by atoms with Crippen molar-refractivity contribution in [2.75, 3.05) is 44.7 Å². The first-order valence-electron chi connectivity index (χ1n) is 6.69. The van der Waals surface area contributed by atoms with Crippen molar-refractivity contribution in [3.8, 4) is 0 Å². The summed E-state index contributed by atoms with van der Waals surface area (Å²) in [7, 11) is 1.39. The predicted molar refractivity (Wildman–Crippen MR) is 74.6 cm³/mol. The molecule has 0 saturated carbocycles. The molecular weight excluding hydrogens is 242 g/mol. The molecule has 0 N–H and O–H groups in total. The van der Waals surface area contributed by atoms with Crippen molar-refractivity contribution in [1.29, 1.82) is 0 Å². The summed E-state index contributed by atoms with van der Waals surface area (Å²) in [4.78, 5) is 20.7. The van der Waals surface area contributed by atoms with Gasteiger partial charge in [0.2, 0.25) is 0 Å². The maximum atomic E-state index is 11.5. The van der Waals surface area contributed by atoms with Crippen LogP contribution in [0.3, 0.4) is 0 Å². The Kier molecular flexibility index (Phi) is 4.37. The van der Waals surface area contributed by atoms with Gasteiger partial charge in [-0.3, -0.25) is 0 Å². The van der Waals surface area contributed by atoms with Crippen LogP contribution in [0.25, 0.3) is 0 Å². The smallest absolute Gasteiger partial charge is 0.339 e. The summed E-state index contributed by atoms with van der Waals surface area (Å²) < 4.78 is 4.73. The number of hydrogen-bond donors (Lipinski definition) is 0. The second kappa shape index (κ2) is 6.02. The van der Waals surface area contributed by atoms with Crippen LogP contribution in [0, 0.1) is 6.92 Å². The Morgan fingerprint density at radius 1 is 1.32 bits per heavy atom. The zero-order valence-corrected chi connectivity index (χ0v) is 11.8. The molecule has 0 unspecified atom stereocenters. The van der Waals surface area contributed by atoms with Gasteiger partial charge in [0.25, 0.3) is 0 Å². The van der Waals surface area contributed by atoms with Crippen LogP contribution in [0.4, 0.5) is 5.82 Å². The molecule has 1 aromatic heterocycles. The first-order valence-corrected chi connectivity index (χ1v) is 6.69. The molecule has 0 radical (unpaired) electrons. The van der Waals surface area contributed by atoms with E-state index in [1.54, 1.807) is 6.07 Å². The fourth-order valence-electron chi connectivity index (χ4n) is 2.34. The Bertz CT molecular complexity index is 454. The third-order valence-electron chi connectivity index (χ3n) is 3.62. The number of carbonyl (C=O) groups is 1. The fraction of sp³-hybridized carbons (Fsp3) is 0.571. The molecule has 1 fully saturated rings. The number of nitrogens with zero attached hydrogens (tertiary/aromatic N) is 3. The Balaban J connectivity index is 2.10. The van der Waals surface area contributed by atoms with Gasteiger partial charge in [-0.05, 0) is 25.6 Å². The van der Waals surface area contributed by atoms with Crippen LogP contribution >= 0.6 is 0 Å². The number of esters is 1. The molecule has 0 aliphatic carbocycles. The number of anilines is 1. The SMILES string of the molecule is CCN1CCN(c2ccc(C(=O)OC)c(C)n2)CC1. The molecule has 5 heteroatoms. The highest BCUT2D eigenvalue weighted by Gasteiger charge is 2.18. The molecule has 0 spiro atoms. The van der Waals surface area contributed by atoms with Crippen LogP contribution in [0.15, 0.2) is 12.1 Å². The summed E-state index contributed by atoms with van der Waals surface area (Å²) in [6.07, 6.45) is 0. The topological polar surface area (TPSA) is 45.7 Å². The molecule has 5 nitrogen and oxygen atoms in total. The average molecular weight is 263 g/mol. The summed E-state index contributed by atoms with van der Waals surface area (Å²) >= 11 is 0. The average Bonchev–Trinajstić information content (AvgIpc) is 2.46. The molecule has 1 aliphatic heterocycles. The number of carbonyl (C=O) groups excluding carboxylic acids is 1. The van der Waals surface area contributed by atoms with Crippen LogP contribution < -0.4 is 4.90 Å². The quantitative estimate of drug-likeness (QED) is 0.770. The zero-order valence-electron chi connectivity index (χ0n) is 11.8. The molecule has 19 heavy (non-hydrogen) atoms. The Morgan fingerprint density at radius 2 is 2.00 bits per heavy atom. The van der Waals surface area contributed by atoms with Crippen LogP contribution in [-0.2, 0) is 4.74 Å². The second-order valence-corrected chi connectivity index (χ2v) is 4.72. The van der Waals surface area contributed by atoms with Crippen molar-refractivity contribution >= 4 is 11.8 Å². The molecule has 2 rings (SSSR count). The van der Waals surface area contributed by atoms with Gasteiger partial charge in [-0.1, -0.05) is 6.92 Å². The summed E-state index contributed by atoms with van der Waals surface area (Å²) in [5.74, 6) is 0.619. The number of likely N-dealkylation sites (N-methyl/N-ethyl adjacent to an activating group) is 1. The maximum Gasteiger partial charge on any atom is 0.339 e. The van der Waals surface area contributed by atoms with Crippen molar-refractivity contribution in [2.24, 2.45) is 0 Å². The largest absolute Gasteiger partial charge is 0.465 e. The van der Waals surface area contributed by atoms with E-state index in [9.17, 15) is 4.79 Å². The molecule has 0 bridgehead atoms. The van der Waals surface area contributed by atoms with Gasteiger partial charge in [0.05, 0.1) is 18.4 Å². The molecule has 0 aromatic carbocycles. The van der Waals surface area contributed by atoms with Crippen molar-refractivity contribution in [1.82, 2.24) is 9.88 Å². The molecule has 1 aromatic rings. The number of piperazine rings is 1. The van der Waals surface area contributed by atoms with Gasteiger partial charge >= 0.3 is 5.97 Å². The second-order valence-electron chi connectivity index (χ2n) is 4.72. The van der Waals surface area contributed by atoms with Gasteiger partial charge in [0, 0.05) is 26.2 Å². The Morgan fingerprint density at radius 3 is 2.53 bits per heavy atom. The highest BCUT2D eigenvalue weighted by molar-refractivity contribution is 5.90. The fourth-order valence-corrected chi connectivity index (χ4v) is 2.34. The maximum absolute atomic E-state index is 11.5. The van der Waals surface area contributed by atoms with Gasteiger partial charge in [0.15, 0.2) is 0 Å². The van der Waals surface area contributed by atoms with Crippen molar-refractivity contribution < 1.29 is 9.53 Å². The van der Waals surface area contributed by atoms with E-state index >= 15 is 0 Å². The van der Waals surface area contributed by atoms with Crippen LogP contribution in [0.5, 0.6) is 0 Å². The summed E-state index contributed by atoms with van der Waals surface area (Å²) in [5.41, 5.74) is 1.26. The molecule has 0 amide bonds. The number of hydrogen-bond acceptors (Lipinski definition) is 5. The molecule has 1 saturated heterocycles. The number of ether oxygens (including phenoxy) is 1. The number of pyridine rings is 1. The molecule has 104 valence electrons. The highest BCUT2D eigenvalue weighted by atomic mass is 16.5. The Hall–Kier alpha value is -1.62. The monoisotopic (exact) mass is 263 g/mol. The van der Waals surface area contributed by atoms with Crippen molar-refractivity contribution in [2.45, 2.75) is 13.8 Å². The number of rotatable bonds is 3.